The number of hydrogen-bond donors (Lipinski definition) is 1. The number of fused-ring (bicyclic) bond motifs is 1. The summed E-state index contributed by atoms with van der Waals surface area (Å²) in [7, 11) is 1.78. The van der Waals surface area contributed by atoms with E-state index in [9.17, 15) is 4.79 Å². The lowest BCUT2D eigenvalue weighted by atomic mass is 10.0. The van der Waals surface area contributed by atoms with Gasteiger partial charge in [-0.1, -0.05) is 0 Å². The monoisotopic (exact) mass is 279 g/mol. The highest BCUT2D eigenvalue weighted by Gasteiger charge is 2.33. The molecule has 0 aromatic carbocycles. The summed E-state index contributed by atoms with van der Waals surface area (Å²) < 4.78 is 7.78. The number of aromatic nitrogens is 3. The average Bonchev–Trinajstić information content (AvgIpc) is 2.98. The van der Waals surface area contributed by atoms with Crippen molar-refractivity contribution in [3.63, 3.8) is 0 Å². The molecule has 7 nitrogen and oxygen atoms in total. The van der Waals surface area contributed by atoms with Crippen LogP contribution in [0.15, 0.2) is 0 Å². The zero-order valence-corrected chi connectivity index (χ0v) is 12.1. The number of hydrogen-bond acceptors (Lipinski definition) is 5. The van der Waals surface area contributed by atoms with Crippen molar-refractivity contribution in [2.75, 3.05) is 26.7 Å². The quantitative estimate of drug-likeness (QED) is 0.791. The molecule has 1 aromatic rings. The third-order valence-corrected chi connectivity index (χ3v) is 4.03. The Morgan fingerprint density at radius 2 is 2.30 bits per heavy atom. The molecule has 1 saturated heterocycles. The standard InChI is InChI=1S/C13H21N5O2/c1-13(8-14-9-13)20-7-12(19)17(2)6-11-16-15-10-4-3-5-18(10)11/h14H,3-9H2,1-2H3. The van der Waals surface area contributed by atoms with Gasteiger partial charge in [-0.05, 0) is 13.3 Å². The van der Waals surface area contributed by atoms with Crippen molar-refractivity contribution in [1.29, 1.82) is 0 Å². The fourth-order valence-corrected chi connectivity index (χ4v) is 2.55. The van der Waals surface area contributed by atoms with E-state index in [0.717, 1.165) is 44.1 Å². The molecule has 3 heterocycles. The highest BCUT2D eigenvalue weighted by molar-refractivity contribution is 5.77. The molecule has 20 heavy (non-hydrogen) atoms. The second kappa shape index (κ2) is 5.14. The van der Waals surface area contributed by atoms with E-state index < -0.39 is 0 Å². The maximum atomic E-state index is 12.1. The molecule has 110 valence electrons. The number of rotatable bonds is 5. The van der Waals surface area contributed by atoms with Crippen LogP contribution in [-0.4, -0.2) is 57.9 Å². The number of likely N-dealkylation sites (N-methyl/N-ethyl adjacent to an activating group) is 1. The Labute approximate surface area is 118 Å². The van der Waals surface area contributed by atoms with E-state index in [-0.39, 0.29) is 18.1 Å². The topological polar surface area (TPSA) is 72.3 Å². The summed E-state index contributed by atoms with van der Waals surface area (Å²) >= 11 is 0. The minimum atomic E-state index is -0.188. The largest absolute Gasteiger partial charge is 0.363 e. The number of amides is 1. The van der Waals surface area contributed by atoms with Crippen LogP contribution < -0.4 is 5.32 Å². The van der Waals surface area contributed by atoms with E-state index in [4.69, 9.17) is 4.74 Å². The fourth-order valence-electron chi connectivity index (χ4n) is 2.55. The van der Waals surface area contributed by atoms with Crippen molar-refractivity contribution >= 4 is 5.91 Å². The summed E-state index contributed by atoms with van der Waals surface area (Å²) in [5, 5.41) is 11.5. The van der Waals surface area contributed by atoms with Gasteiger partial charge in [0.2, 0.25) is 5.91 Å². The fraction of sp³-hybridized carbons (Fsp3) is 0.769. The van der Waals surface area contributed by atoms with Gasteiger partial charge >= 0.3 is 0 Å². The Hall–Kier alpha value is -1.47. The third kappa shape index (κ3) is 2.55. The first-order valence-electron chi connectivity index (χ1n) is 7.07. The maximum Gasteiger partial charge on any atom is 0.248 e. The van der Waals surface area contributed by atoms with E-state index in [1.807, 2.05) is 6.92 Å². The predicted octanol–water partition coefficient (Wildman–Crippen LogP) is -0.439. The summed E-state index contributed by atoms with van der Waals surface area (Å²) in [6.07, 6.45) is 2.10. The van der Waals surface area contributed by atoms with Gasteiger partial charge in [0.1, 0.15) is 12.4 Å². The number of aryl methyl sites for hydroxylation is 1. The summed E-state index contributed by atoms with van der Waals surface area (Å²) in [5.74, 6) is 1.88. The average molecular weight is 279 g/mol. The van der Waals surface area contributed by atoms with Gasteiger partial charge < -0.3 is 19.5 Å². The molecule has 0 atom stereocenters. The second-order valence-corrected chi connectivity index (χ2v) is 5.88. The van der Waals surface area contributed by atoms with Crippen molar-refractivity contribution < 1.29 is 9.53 Å². The highest BCUT2D eigenvalue weighted by atomic mass is 16.5. The lowest BCUT2D eigenvalue weighted by molar-refractivity contribution is -0.145. The lowest BCUT2D eigenvalue weighted by Gasteiger charge is -2.39. The van der Waals surface area contributed by atoms with Gasteiger partial charge in [-0.3, -0.25) is 4.79 Å². The minimum Gasteiger partial charge on any atom is -0.363 e. The molecular weight excluding hydrogens is 258 g/mol. The Kier molecular flexibility index (Phi) is 3.47. The Balaban J connectivity index is 1.53. The molecule has 0 unspecified atom stereocenters. The van der Waals surface area contributed by atoms with Crippen molar-refractivity contribution in [1.82, 2.24) is 25.0 Å². The van der Waals surface area contributed by atoms with Crippen LogP contribution in [-0.2, 0) is 29.0 Å². The van der Waals surface area contributed by atoms with Gasteiger partial charge in [0, 0.05) is 33.1 Å². The van der Waals surface area contributed by atoms with Gasteiger partial charge in [0.15, 0.2) is 5.82 Å². The van der Waals surface area contributed by atoms with Crippen LogP contribution in [0.5, 0.6) is 0 Å². The summed E-state index contributed by atoms with van der Waals surface area (Å²) in [6, 6.07) is 0. The van der Waals surface area contributed by atoms with Crippen LogP contribution in [0.4, 0.5) is 0 Å². The minimum absolute atomic E-state index is 0.0199. The molecule has 0 spiro atoms. The molecule has 1 amide bonds. The van der Waals surface area contributed by atoms with Gasteiger partial charge in [0.05, 0.1) is 12.1 Å². The van der Waals surface area contributed by atoms with Crippen LogP contribution in [0.3, 0.4) is 0 Å². The first kappa shape index (κ1) is 13.5. The smallest absolute Gasteiger partial charge is 0.248 e. The Morgan fingerprint density at radius 3 is 3.00 bits per heavy atom. The maximum absolute atomic E-state index is 12.1. The van der Waals surface area contributed by atoms with Crippen LogP contribution in [0, 0.1) is 0 Å². The molecule has 7 heteroatoms. The summed E-state index contributed by atoms with van der Waals surface area (Å²) in [4.78, 5) is 13.7. The van der Waals surface area contributed by atoms with Crippen LogP contribution >= 0.6 is 0 Å². The van der Waals surface area contributed by atoms with Crippen molar-refractivity contribution in [3.8, 4) is 0 Å². The highest BCUT2D eigenvalue weighted by Crippen LogP contribution is 2.16. The van der Waals surface area contributed by atoms with Crippen molar-refractivity contribution in [3.05, 3.63) is 11.6 Å². The van der Waals surface area contributed by atoms with E-state index in [0.29, 0.717) is 6.54 Å². The number of carbonyl (C=O) groups is 1. The van der Waals surface area contributed by atoms with E-state index >= 15 is 0 Å². The number of carbonyl (C=O) groups excluding carboxylic acids is 1. The zero-order chi connectivity index (χ0) is 14.2. The molecule has 0 aliphatic carbocycles. The Bertz CT molecular complexity index is 509. The van der Waals surface area contributed by atoms with Crippen molar-refractivity contribution in [2.45, 2.75) is 38.5 Å². The number of ether oxygens (including phenoxy) is 1. The second-order valence-electron chi connectivity index (χ2n) is 5.88. The number of nitrogens with zero attached hydrogens (tertiary/aromatic N) is 4. The molecule has 1 N–H and O–H groups in total. The molecule has 2 aliphatic heterocycles. The van der Waals surface area contributed by atoms with E-state index in [2.05, 4.69) is 20.1 Å². The third-order valence-electron chi connectivity index (χ3n) is 4.03. The van der Waals surface area contributed by atoms with Crippen LogP contribution in [0.2, 0.25) is 0 Å². The molecule has 1 aromatic heterocycles. The van der Waals surface area contributed by atoms with Gasteiger partial charge in [-0.25, -0.2) is 0 Å². The van der Waals surface area contributed by atoms with E-state index in [1.165, 1.54) is 0 Å². The first-order chi connectivity index (χ1) is 9.57. The van der Waals surface area contributed by atoms with Gasteiger partial charge in [-0.2, -0.15) is 0 Å². The first-order valence-corrected chi connectivity index (χ1v) is 7.07. The zero-order valence-electron chi connectivity index (χ0n) is 12.1. The molecule has 1 fully saturated rings. The lowest BCUT2D eigenvalue weighted by Crippen LogP contribution is -2.59. The van der Waals surface area contributed by atoms with Crippen LogP contribution in [0.1, 0.15) is 25.0 Å². The molecule has 0 radical (unpaired) electrons. The molecule has 0 bridgehead atoms. The summed E-state index contributed by atoms with van der Waals surface area (Å²) in [5.41, 5.74) is -0.188. The van der Waals surface area contributed by atoms with Crippen molar-refractivity contribution in [2.24, 2.45) is 0 Å². The van der Waals surface area contributed by atoms with Gasteiger partial charge in [0.25, 0.3) is 0 Å². The van der Waals surface area contributed by atoms with E-state index in [1.54, 1.807) is 11.9 Å². The molecule has 2 aliphatic rings. The number of nitrogens with one attached hydrogen (secondary N) is 1. The van der Waals surface area contributed by atoms with Crippen LogP contribution in [0.25, 0.3) is 0 Å². The van der Waals surface area contributed by atoms with Gasteiger partial charge in [-0.15, -0.1) is 10.2 Å². The molecule has 3 rings (SSSR count). The summed E-state index contributed by atoms with van der Waals surface area (Å²) in [6.45, 7) is 5.20. The molecule has 0 saturated carbocycles. The molecular formula is C13H21N5O2. The Morgan fingerprint density at radius 1 is 1.50 bits per heavy atom. The predicted molar refractivity (Wildman–Crippen MR) is 72.0 cm³/mol. The normalized spacial score (nSPS) is 19.5. The SMILES string of the molecule is CN(Cc1nnc2n1CCC2)C(=O)COC1(C)CNC1.